The summed E-state index contributed by atoms with van der Waals surface area (Å²) in [7, 11) is 0. The standard InChI is InChI=1S/C51H68N6O17/c1-28-22-33(47(63)52-18-9-14-34-26-56(54-53-34)21-20-55-19-17-32-24-35(57(67)68)15-16-36(32)55)25-37(44(28)74-50-43(62)42(61)40(59)29(2)69-50)71-51-46(73-49(66)31-12-7-4-8-13-31)45(41(60)39(27-58)72-51)70-38(48(64)65)23-30-10-5-3-6-11-30/h4,7-8,12-13,15-17,19,24,26,28-30,33,37-46,50-51,58-62H,3,5-6,9-11,14,18,20-23,25,27H2,1-2H3,(H,52,63)(H,64,65)/t28-,29-,33+,37+,38-,39+,40+,41-,42+,43-,44+,45-,46+,50-,51+/m0/s1. The number of hydrogen-bond donors (Lipinski definition) is 7. The van der Waals surface area contributed by atoms with Crippen LogP contribution in [0.3, 0.4) is 0 Å². The van der Waals surface area contributed by atoms with Gasteiger partial charge >= 0.3 is 11.9 Å². The van der Waals surface area contributed by atoms with E-state index in [0.717, 1.165) is 43.0 Å². The Morgan fingerprint density at radius 3 is 2.39 bits per heavy atom. The zero-order valence-corrected chi connectivity index (χ0v) is 41.4. The topological polar surface area (TPSA) is 319 Å². The number of nitrogens with zero attached hydrogens (tertiary/aromatic N) is 5. The first-order valence-electron chi connectivity index (χ1n) is 25.6. The first kappa shape index (κ1) is 54.8. The van der Waals surface area contributed by atoms with Crippen molar-refractivity contribution in [1.29, 1.82) is 0 Å². The number of carboxylic acids is 1. The van der Waals surface area contributed by atoms with Crippen LogP contribution in [0.15, 0.2) is 67.0 Å². The average molecular weight is 1040 g/mol. The number of aliphatic hydroxyl groups is 5. The van der Waals surface area contributed by atoms with E-state index in [-0.39, 0.29) is 48.9 Å². The lowest BCUT2D eigenvalue weighted by Gasteiger charge is -2.48. The van der Waals surface area contributed by atoms with E-state index in [1.54, 1.807) is 35.9 Å². The number of aliphatic hydroxyl groups excluding tert-OH is 5. The molecule has 2 saturated carbocycles. The summed E-state index contributed by atoms with van der Waals surface area (Å²) in [6.07, 6.45) is -9.30. The molecule has 4 aliphatic rings. The lowest BCUT2D eigenvalue weighted by atomic mass is 9.77. The van der Waals surface area contributed by atoms with E-state index in [2.05, 4.69) is 15.6 Å². The Morgan fingerprint density at radius 2 is 1.66 bits per heavy atom. The van der Waals surface area contributed by atoms with E-state index in [9.17, 15) is 55.1 Å². The number of nitro groups is 1. The van der Waals surface area contributed by atoms with Crippen molar-refractivity contribution in [2.24, 2.45) is 17.8 Å². The number of nitro benzene ring substituents is 1. The number of ether oxygens (including phenoxy) is 6. The molecular formula is C51H68N6O17. The summed E-state index contributed by atoms with van der Waals surface area (Å²) in [5, 5.41) is 88.5. The third-order valence-electron chi connectivity index (χ3n) is 14.8. The number of nitrogens with one attached hydrogen (secondary N) is 1. The highest BCUT2D eigenvalue weighted by atomic mass is 16.7. The molecule has 404 valence electrons. The molecule has 0 unspecified atom stereocenters. The number of hydrogen-bond acceptors (Lipinski definition) is 18. The normalized spacial score (nSPS) is 31.2. The number of non-ortho nitro benzene ring substituents is 1. The highest BCUT2D eigenvalue weighted by molar-refractivity contribution is 5.89. The molecule has 4 heterocycles. The molecule has 15 atom stereocenters. The fourth-order valence-corrected chi connectivity index (χ4v) is 10.7. The number of fused-ring (bicyclic) bond motifs is 1. The van der Waals surface area contributed by atoms with Crippen LogP contribution in [0.4, 0.5) is 5.69 Å². The van der Waals surface area contributed by atoms with Gasteiger partial charge in [-0.25, -0.2) is 9.59 Å². The van der Waals surface area contributed by atoms with Gasteiger partial charge in [-0.1, -0.05) is 62.4 Å². The van der Waals surface area contributed by atoms with Crippen LogP contribution in [0.1, 0.15) is 87.7 Å². The zero-order valence-electron chi connectivity index (χ0n) is 41.4. The molecule has 4 aromatic rings. The Bertz CT molecular complexity index is 2510. The second-order valence-corrected chi connectivity index (χ2v) is 20.1. The molecule has 23 nitrogen and oxygen atoms in total. The number of carbonyl (C=O) groups excluding carboxylic acids is 2. The van der Waals surface area contributed by atoms with Gasteiger partial charge in [0.15, 0.2) is 24.8 Å². The summed E-state index contributed by atoms with van der Waals surface area (Å²) >= 11 is 0. The van der Waals surface area contributed by atoms with Crippen LogP contribution >= 0.6 is 0 Å². The minimum atomic E-state index is -1.71. The third-order valence-corrected chi connectivity index (χ3v) is 14.8. The van der Waals surface area contributed by atoms with Crippen molar-refractivity contribution < 1.29 is 78.4 Å². The fraction of sp³-hybridized carbons (Fsp3) is 0.627. The number of rotatable bonds is 21. The first-order chi connectivity index (χ1) is 35.6. The van der Waals surface area contributed by atoms with Gasteiger partial charge in [0.25, 0.3) is 5.69 Å². The number of aryl methyl sites for hydroxylation is 3. The van der Waals surface area contributed by atoms with Crippen molar-refractivity contribution in [2.75, 3.05) is 13.2 Å². The Kier molecular flexibility index (Phi) is 18.4. The number of benzene rings is 2. The molecule has 8 rings (SSSR count). The molecule has 1 amide bonds. The summed E-state index contributed by atoms with van der Waals surface area (Å²) in [6.45, 7) is 3.83. The lowest BCUT2D eigenvalue weighted by Crippen LogP contribution is -2.64. The van der Waals surface area contributed by atoms with E-state index < -0.39 is 115 Å². The largest absolute Gasteiger partial charge is 0.479 e. The van der Waals surface area contributed by atoms with E-state index in [0.29, 0.717) is 31.6 Å². The smallest absolute Gasteiger partial charge is 0.338 e. The van der Waals surface area contributed by atoms with E-state index in [1.807, 2.05) is 23.0 Å². The van der Waals surface area contributed by atoms with Crippen molar-refractivity contribution in [3.63, 3.8) is 0 Å². The van der Waals surface area contributed by atoms with Crippen LogP contribution in [-0.4, -0.2) is 166 Å². The van der Waals surface area contributed by atoms with Gasteiger partial charge in [0.2, 0.25) is 5.91 Å². The van der Waals surface area contributed by atoms with Gasteiger partial charge in [0, 0.05) is 54.4 Å². The summed E-state index contributed by atoms with van der Waals surface area (Å²) in [5.74, 6) is -3.68. The van der Waals surface area contributed by atoms with Gasteiger partial charge in [-0.2, -0.15) is 0 Å². The van der Waals surface area contributed by atoms with E-state index in [1.165, 1.54) is 31.2 Å². The monoisotopic (exact) mass is 1040 g/mol. The lowest BCUT2D eigenvalue weighted by molar-refractivity contribution is -0.384. The summed E-state index contributed by atoms with van der Waals surface area (Å²) in [5.41, 5.74) is 1.70. The zero-order chi connectivity index (χ0) is 52.6. The molecule has 7 N–H and O–H groups in total. The minimum absolute atomic E-state index is 0.0192. The van der Waals surface area contributed by atoms with Crippen LogP contribution in [-0.2, 0) is 57.5 Å². The predicted molar refractivity (Wildman–Crippen MR) is 259 cm³/mol. The summed E-state index contributed by atoms with van der Waals surface area (Å²) < 4.78 is 41.1. The molecule has 23 heteroatoms. The molecule has 0 spiro atoms. The number of aromatic nitrogens is 4. The van der Waals surface area contributed by atoms with Crippen LogP contribution in [0.2, 0.25) is 0 Å². The molecule has 2 saturated heterocycles. The average Bonchev–Trinajstić information content (AvgIpc) is 4.04. The van der Waals surface area contributed by atoms with Crippen LogP contribution < -0.4 is 5.32 Å². The first-order valence-corrected chi connectivity index (χ1v) is 25.6. The second kappa shape index (κ2) is 24.9. The molecule has 2 aromatic carbocycles. The Morgan fingerprint density at radius 1 is 0.892 bits per heavy atom. The maximum Gasteiger partial charge on any atom is 0.338 e. The number of esters is 1. The van der Waals surface area contributed by atoms with Gasteiger partial charge in [0.05, 0.1) is 47.6 Å². The molecule has 2 aliphatic carbocycles. The fourth-order valence-electron chi connectivity index (χ4n) is 10.7. The molecule has 4 fully saturated rings. The van der Waals surface area contributed by atoms with Crippen molar-refractivity contribution in [2.45, 2.75) is 171 Å². The van der Waals surface area contributed by atoms with E-state index in [4.69, 9.17) is 28.4 Å². The van der Waals surface area contributed by atoms with Gasteiger partial charge in [-0.3, -0.25) is 19.6 Å². The van der Waals surface area contributed by atoms with Crippen LogP contribution in [0.25, 0.3) is 10.9 Å². The maximum absolute atomic E-state index is 14.1. The molecular weight excluding hydrogens is 969 g/mol. The second-order valence-electron chi connectivity index (χ2n) is 20.1. The van der Waals surface area contributed by atoms with Gasteiger partial charge in [-0.15, -0.1) is 5.10 Å². The van der Waals surface area contributed by atoms with Crippen molar-refractivity contribution in [3.8, 4) is 0 Å². The number of amides is 1. The van der Waals surface area contributed by atoms with Crippen LogP contribution in [0.5, 0.6) is 0 Å². The van der Waals surface area contributed by atoms with Gasteiger partial charge < -0.3 is 68.9 Å². The Balaban J connectivity index is 0.976. The molecule has 2 aromatic heterocycles. The minimum Gasteiger partial charge on any atom is -0.479 e. The number of carbonyl (C=O) groups is 3. The summed E-state index contributed by atoms with van der Waals surface area (Å²) in [4.78, 5) is 51.5. The van der Waals surface area contributed by atoms with Crippen molar-refractivity contribution in [1.82, 2.24) is 24.9 Å². The Hall–Kier alpha value is -5.47. The van der Waals surface area contributed by atoms with Crippen molar-refractivity contribution in [3.05, 3.63) is 88.4 Å². The quantitative estimate of drug-likeness (QED) is 0.0273. The Labute approximate surface area is 426 Å². The van der Waals surface area contributed by atoms with Gasteiger partial charge in [0.1, 0.15) is 36.6 Å². The van der Waals surface area contributed by atoms with E-state index >= 15 is 0 Å². The SMILES string of the molecule is C[C@@H]1O[C@@H](O[C@@H]2[C@@H](C)C[C@@H](C(=O)NCCCc3cn(CCn4ccc5cc([N+](=O)[O-])ccc54)nn3)C[C@H]2O[C@@H]2O[C@H](CO)[C@H](O)[C@H](O[C@@H](CC3CCCCC3)C(=O)O)[C@H]2OC(=O)c2ccccc2)[C@@H](O)[C@H](O)[C@@H]1O. The molecule has 0 radical (unpaired) electrons. The number of aliphatic carboxylic acids is 1. The summed E-state index contributed by atoms with van der Waals surface area (Å²) in [6, 6.07) is 14.5. The van der Waals surface area contributed by atoms with Gasteiger partial charge in [-0.05, 0) is 75.1 Å². The maximum atomic E-state index is 14.1. The molecule has 0 bridgehead atoms. The number of carboxylic acid groups (broad SMARTS) is 1. The molecule has 2 aliphatic heterocycles. The molecule has 74 heavy (non-hydrogen) atoms. The highest BCUT2D eigenvalue weighted by Crippen LogP contribution is 2.39. The predicted octanol–water partition coefficient (Wildman–Crippen LogP) is 2.65. The highest BCUT2D eigenvalue weighted by Gasteiger charge is 2.54. The van der Waals surface area contributed by atoms with Crippen LogP contribution in [0, 0.1) is 27.9 Å². The van der Waals surface area contributed by atoms with Crippen molar-refractivity contribution >= 4 is 34.4 Å². The third kappa shape index (κ3) is 13.1.